The maximum absolute atomic E-state index is 13.8. The summed E-state index contributed by atoms with van der Waals surface area (Å²) < 4.78 is 6.07. The first-order chi connectivity index (χ1) is 19.5. The molecular formula is C33H28BrN3O3. The Hall–Kier alpha value is -4.20. The van der Waals surface area contributed by atoms with E-state index in [1.807, 2.05) is 97.1 Å². The maximum Gasteiger partial charge on any atom is 0.333 e. The third-order valence-electron chi connectivity index (χ3n) is 7.51. The number of aromatic nitrogens is 1. The zero-order chi connectivity index (χ0) is 27.6. The molecular weight excluding hydrogens is 566 g/mol. The van der Waals surface area contributed by atoms with Crippen molar-refractivity contribution in [3.63, 3.8) is 0 Å². The molecule has 0 bridgehead atoms. The average Bonchev–Trinajstić information content (AvgIpc) is 3.39. The van der Waals surface area contributed by atoms with Gasteiger partial charge >= 0.3 is 5.97 Å². The van der Waals surface area contributed by atoms with Crippen LogP contribution in [0.2, 0.25) is 0 Å². The van der Waals surface area contributed by atoms with Gasteiger partial charge < -0.3 is 15.0 Å². The molecule has 0 fully saturated rings. The number of amides is 1. The molecule has 3 atom stereocenters. The van der Waals surface area contributed by atoms with Gasteiger partial charge in [-0.25, -0.2) is 4.79 Å². The van der Waals surface area contributed by atoms with Gasteiger partial charge in [-0.1, -0.05) is 101 Å². The highest BCUT2D eigenvalue weighted by Gasteiger charge is 2.36. The number of carbonyl (C=O) groups excluding carboxylic acids is 2. The molecule has 40 heavy (non-hydrogen) atoms. The summed E-state index contributed by atoms with van der Waals surface area (Å²) in [6.45, 7) is 0. The van der Waals surface area contributed by atoms with Gasteiger partial charge in [-0.3, -0.25) is 10.1 Å². The molecule has 3 N–H and O–H groups in total. The predicted octanol–water partition coefficient (Wildman–Crippen LogP) is 6.23. The van der Waals surface area contributed by atoms with Crippen molar-refractivity contribution in [3.05, 3.63) is 130 Å². The number of benzene rings is 4. The van der Waals surface area contributed by atoms with E-state index >= 15 is 0 Å². The Kier molecular flexibility index (Phi) is 7.24. The number of hydrogen-bond donors (Lipinski definition) is 3. The number of carbonyl (C=O) groups is 2. The third-order valence-corrected chi connectivity index (χ3v) is 8.03. The van der Waals surface area contributed by atoms with Crippen LogP contribution in [0.15, 0.2) is 108 Å². The van der Waals surface area contributed by atoms with Crippen molar-refractivity contribution in [2.24, 2.45) is 0 Å². The second-order valence-corrected chi connectivity index (χ2v) is 10.8. The number of H-pyrrole nitrogens is 1. The quantitative estimate of drug-likeness (QED) is 0.204. The molecule has 0 saturated heterocycles. The molecule has 0 saturated carbocycles. The SMILES string of the molecule is COC(=O)C(NC(=O)[C@H]1Cc2c([nH]c3ccccc23)[C@H](c2ccc(Br)cc2)N1)c1ccc(-c2ccccc2)cc1. The fourth-order valence-corrected chi connectivity index (χ4v) is 5.72. The average molecular weight is 595 g/mol. The summed E-state index contributed by atoms with van der Waals surface area (Å²) in [5.41, 5.74) is 6.98. The van der Waals surface area contributed by atoms with Crippen LogP contribution in [0.4, 0.5) is 0 Å². The minimum atomic E-state index is -0.931. The topological polar surface area (TPSA) is 83.2 Å². The number of nitrogens with one attached hydrogen (secondary N) is 3. The van der Waals surface area contributed by atoms with Crippen LogP contribution in [-0.2, 0) is 20.7 Å². The lowest BCUT2D eigenvalue weighted by Gasteiger charge is -2.32. The molecule has 6 rings (SSSR count). The van der Waals surface area contributed by atoms with Gasteiger partial charge in [0.25, 0.3) is 0 Å². The number of hydrogen-bond acceptors (Lipinski definition) is 4. The van der Waals surface area contributed by atoms with E-state index < -0.39 is 18.1 Å². The van der Waals surface area contributed by atoms with E-state index in [1.165, 1.54) is 7.11 Å². The summed E-state index contributed by atoms with van der Waals surface area (Å²) >= 11 is 3.52. The molecule has 0 aliphatic carbocycles. The number of rotatable bonds is 6. The van der Waals surface area contributed by atoms with E-state index in [-0.39, 0.29) is 11.9 Å². The molecule has 200 valence electrons. The number of esters is 1. The highest BCUT2D eigenvalue weighted by Crippen LogP contribution is 2.36. The van der Waals surface area contributed by atoms with Crippen LogP contribution >= 0.6 is 15.9 Å². The number of aromatic amines is 1. The first-order valence-electron chi connectivity index (χ1n) is 13.2. The normalized spacial score (nSPS) is 17.1. The maximum atomic E-state index is 13.8. The lowest BCUT2D eigenvalue weighted by molar-refractivity contribution is -0.145. The fraction of sp³-hybridized carbons (Fsp3) is 0.152. The zero-order valence-electron chi connectivity index (χ0n) is 21.9. The summed E-state index contributed by atoms with van der Waals surface area (Å²) in [5.74, 6) is -0.783. The van der Waals surface area contributed by atoms with Crippen molar-refractivity contribution < 1.29 is 14.3 Å². The molecule has 1 aromatic heterocycles. The minimum Gasteiger partial charge on any atom is -0.467 e. The van der Waals surface area contributed by atoms with Gasteiger partial charge in [0.1, 0.15) is 0 Å². The van der Waals surface area contributed by atoms with Gasteiger partial charge in [-0.2, -0.15) is 0 Å². The molecule has 0 spiro atoms. The lowest BCUT2D eigenvalue weighted by Crippen LogP contribution is -2.51. The number of methoxy groups -OCH3 is 1. The Bertz CT molecular complexity index is 1660. The monoisotopic (exact) mass is 593 g/mol. The van der Waals surface area contributed by atoms with Crippen molar-refractivity contribution >= 4 is 38.7 Å². The van der Waals surface area contributed by atoms with Crippen molar-refractivity contribution in [2.75, 3.05) is 7.11 Å². The van der Waals surface area contributed by atoms with Crippen LogP contribution in [0.3, 0.4) is 0 Å². The molecule has 1 aliphatic heterocycles. The van der Waals surface area contributed by atoms with Crippen molar-refractivity contribution in [2.45, 2.75) is 24.5 Å². The van der Waals surface area contributed by atoms with E-state index in [9.17, 15) is 9.59 Å². The standard InChI is InChI=1S/C33H28BrN3O3/c1-40-33(39)30(23-13-11-21(12-14-23)20-7-3-2-4-8-20)37-32(38)28-19-26-25-9-5-6-10-27(25)35-31(26)29(36-28)22-15-17-24(34)18-16-22/h2-18,28-30,35-36H,19H2,1H3,(H,37,38)/t28-,29+,30?/m1/s1. The largest absolute Gasteiger partial charge is 0.467 e. The predicted molar refractivity (Wildman–Crippen MR) is 160 cm³/mol. The van der Waals surface area contributed by atoms with Crippen LogP contribution < -0.4 is 10.6 Å². The Morgan fingerprint density at radius 2 is 1.55 bits per heavy atom. The van der Waals surface area contributed by atoms with E-state index in [0.717, 1.165) is 43.3 Å². The van der Waals surface area contributed by atoms with Gasteiger partial charge in [0.2, 0.25) is 5.91 Å². The summed E-state index contributed by atoms with van der Waals surface area (Å²) in [6, 6.07) is 32.1. The second-order valence-electron chi connectivity index (χ2n) is 9.92. The molecule has 6 nitrogen and oxygen atoms in total. The van der Waals surface area contributed by atoms with Gasteiger partial charge in [0, 0.05) is 21.1 Å². The summed E-state index contributed by atoms with van der Waals surface area (Å²) in [7, 11) is 1.33. The fourth-order valence-electron chi connectivity index (χ4n) is 5.46. The van der Waals surface area contributed by atoms with E-state index in [1.54, 1.807) is 0 Å². The molecule has 5 aromatic rings. The zero-order valence-corrected chi connectivity index (χ0v) is 23.4. The highest BCUT2D eigenvalue weighted by atomic mass is 79.9. The van der Waals surface area contributed by atoms with Crippen LogP contribution in [-0.4, -0.2) is 30.0 Å². The molecule has 2 heterocycles. The minimum absolute atomic E-state index is 0.221. The van der Waals surface area contributed by atoms with Gasteiger partial charge in [0.05, 0.1) is 19.2 Å². The first-order valence-corrected chi connectivity index (χ1v) is 14.0. The number of ether oxygens (including phenoxy) is 1. The van der Waals surface area contributed by atoms with Gasteiger partial charge in [-0.05, 0) is 52.4 Å². The summed E-state index contributed by atoms with van der Waals surface area (Å²) in [6.07, 6.45) is 0.485. The van der Waals surface area contributed by atoms with E-state index in [0.29, 0.717) is 12.0 Å². The van der Waals surface area contributed by atoms with Crippen molar-refractivity contribution in [1.29, 1.82) is 0 Å². The molecule has 1 aliphatic rings. The molecule has 7 heteroatoms. The highest BCUT2D eigenvalue weighted by molar-refractivity contribution is 9.10. The molecule has 1 unspecified atom stereocenters. The smallest absolute Gasteiger partial charge is 0.333 e. The van der Waals surface area contributed by atoms with Crippen molar-refractivity contribution in [1.82, 2.24) is 15.6 Å². The molecule has 4 aromatic carbocycles. The van der Waals surface area contributed by atoms with Crippen molar-refractivity contribution in [3.8, 4) is 11.1 Å². The third kappa shape index (κ3) is 5.06. The second kappa shape index (κ2) is 11.1. The number of para-hydroxylation sites is 1. The van der Waals surface area contributed by atoms with Gasteiger partial charge in [0.15, 0.2) is 6.04 Å². The van der Waals surface area contributed by atoms with Crippen LogP contribution in [0, 0.1) is 0 Å². The Morgan fingerprint density at radius 3 is 2.27 bits per heavy atom. The van der Waals surface area contributed by atoms with Crippen LogP contribution in [0.1, 0.15) is 34.5 Å². The molecule has 1 amide bonds. The Labute approximate surface area is 240 Å². The Morgan fingerprint density at radius 1 is 0.875 bits per heavy atom. The lowest BCUT2D eigenvalue weighted by atomic mass is 9.90. The molecule has 0 radical (unpaired) electrons. The Balaban J connectivity index is 1.30. The summed E-state index contributed by atoms with van der Waals surface area (Å²) in [4.78, 5) is 30.2. The van der Waals surface area contributed by atoms with E-state index in [4.69, 9.17) is 4.74 Å². The summed E-state index contributed by atoms with van der Waals surface area (Å²) in [5, 5.41) is 7.61. The van der Waals surface area contributed by atoms with E-state index in [2.05, 4.69) is 37.6 Å². The van der Waals surface area contributed by atoms with Crippen LogP contribution in [0.25, 0.3) is 22.0 Å². The van der Waals surface area contributed by atoms with Crippen LogP contribution in [0.5, 0.6) is 0 Å². The number of halogens is 1. The number of fused-ring (bicyclic) bond motifs is 3. The van der Waals surface area contributed by atoms with Gasteiger partial charge in [-0.15, -0.1) is 0 Å². The first kappa shape index (κ1) is 26.0.